The zero-order valence-corrected chi connectivity index (χ0v) is 12.9. The Morgan fingerprint density at radius 3 is 2.67 bits per heavy atom. The summed E-state index contributed by atoms with van der Waals surface area (Å²) in [5.74, 6) is -0.438. The average Bonchev–Trinajstić information content (AvgIpc) is 3.14. The van der Waals surface area contributed by atoms with E-state index in [0.29, 0.717) is 18.7 Å². The van der Waals surface area contributed by atoms with Crippen molar-refractivity contribution < 1.29 is 14.3 Å². The molecule has 0 bridgehead atoms. The summed E-state index contributed by atoms with van der Waals surface area (Å²) in [5, 5.41) is 8.05. The topological polar surface area (TPSA) is 69.5 Å². The number of hydrogen-bond acceptors (Lipinski definition) is 6. The monoisotopic (exact) mass is 296 g/mol. The van der Waals surface area contributed by atoms with Crippen LogP contribution in [0, 0.1) is 0 Å². The normalized spacial score (nSPS) is 15.5. The van der Waals surface area contributed by atoms with Gasteiger partial charge in [0.2, 0.25) is 0 Å². The van der Waals surface area contributed by atoms with Crippen LogP contribution in [0.3, 0.4) is 0 Å². The second-order valence-corrected chi connectivity index (χ2v) is 5.24. The predicted molar refractivity (Wildman–Crippen MR) is 77.2 cm³/mol. The summed E-state index contributed by atoms with van der Waals surface area (Å²) in [6.45, 7) is 4.75. The maximum Gasteiger partial charge on any atom is 0.360 e. The summed E-state index contributed by atoms with van der Waals surface area (Å²) < 4.78 is 11.7. The van der Waals surface area contributed by atoms with Gasteiger partial charge in [0.1, 0.15) is 0 Å². The van der Waals surface area contributed by atoms with Gasteiger partial charge in [-0.2, -0.15) is 0 Å². The minimum absolute atomic E-state index is 0.302. The molecule has 0 spiro atoms. The van der Waals surface area contributed by atoms with E-state index in [4.69, 9.17) is 9.47 Å². The molecule has 1 aliphatic rings. The van der Waals surface area contributed by atoms with E-state index in [1.165, 1.54) is 33.0 Å². The molecule has 1 saturated heterocycles. The molecular weight excluding hydrogens is 272 g/mol. The Morgan fingerprint density at radius 1 is 1.24 bits per heavy atom. The lowest BCUT2D eigenvalue weighted by atomic mass is 10.2. The summed E-state index contributed by atoms with van der Waals surface area (Å²) in [6, 6.07) is 0. The Kier molecular flexibility index (Phi) is 6.13. The third-order valence-corrected chi connectivity index (χ3v) is 3.80. The van der Waals surface area contributed by atoms with Crippen LogP contribution in [0.2, 0.25) is 0 Å². The minimum atomic E-state index is -0.438. The number of esters is 1. The van der Waals surface area contributed by atoms with Gasteiger partial charge < -0.3 is 14.4 Å². The first-order valence-electron chi connectivity index (χ1n) is 7.48. The molecule has 1 aliphatic heterocycles. The Morgan fingerprint density at radius 2 is 2.00 bits per heavy atom. The molecule has 0 N–H and O–H groups in total. The van der Waals surface area contributed by atoms with Crippen LogP contribution in [0.25, 0.3) is 0 Å². The van der Waals surface area contributed by atoms with Crippen LogP contribution < -0.4 is 0 Å². The van der Waals surface area contributed by atoms with E-state index in [-0.39, 0.29) is 0 Å². The maximum absolute atomic E-state index is 11.7. The largest absolute Gasteiger partial charge is 0.464 e. The first-order chi connectivity index (χ1) is 10.3. The van der Waals surface area contributed by atoms with Gasteiger partial charge in [-0.3, -0.25) is 0 Å². The van der Waals surface area contributed by atoms with E-state index >= 15 is 0 Å². The SMILES string of the molecule is COCCc1c(C(=O)OC)nnn1CCCN1CCCC1. The summed E-state index contributed by atoms with van der Waals surface area (Å²) in [5.41, 5.74) is 1.10. The van der Waals surface area contributed by atoms with Crippen molar-refractivity contribution >= 4 is 5.97 Å². The molecule has 2 rings (SSSR count). The molecule has 7 nitrogen and oxygen atoms in total. The van der Waals surface area contributed by atoms with Gasteiger partial charge in [-0.25, -0.2) is 9.48 Å². The number of aryl methyl sites for hydroxylation is 1. The molecule has 118 valence electrons. The first kappa shape index (κ1) is 15.9. The van der Waals surface area contributed by atoms with E-state index < -0.39 is 5.97 Å². The molecule has 0 radical (unpaired) electrons. The van der Waals surface area contributed by atoms with Gasteiger partial charge in [-0.15, -0.1) is 5.10 Å². The number of carbonyl (C=O) groups excluding carboxylic acids is 1. The van der Waals surface area contributed by atoms with Crippen LogP contribution in [-0.2, 0) is 22.4 Å². The van der Waals surface area contributed by atoms with Gasteiger partial charge in [0.05, 0.1) is 19.4 Å². The Labute approximate surface area is 125 Å². The zero-order chi connectivity index (χ0) is 15.1. The number of carbonyl (C=O) groups is 1. The van der Waals surface area contributed by atoms with Crippen molar-refractivity contribution in [2.75, 3.05) is 40.5 Å². The lowest BCUT2D eigenvalue weighted by molar-refractivity contribution is 0.0592. The van der Waals surface area contributed by atoms with Crippen molar-refractivity contribution in [3.05, 3.63) is 11.4 Å². The van der Waals surface area contributed by atoms with E-state index in [2.05, 4.69) is 15.2 Å². The van der Waals surface area contributed by atoms with Gasteiger partial charge in [0.15, 0.2) is 5.69 Å². The number of hydrogen-bond donors (Lipinski definition) is 0. The smallest absolute Gasteiger partial charge is 0.360 e. The fraction of sp³-hybridized carbons (Fsp3) is 0.786. The number of aromatic nitrogens is 3. The van der Waals surface area contributed by atoms with Crippen LogP contribution in [0.5, 0.6) is 0 Å². The van der Waals surface area contributed by atoms with Crippen molar-refractivity contribution in [1.82, 2.24) is 19.9 Å². The van der Waals surface area contributed by atoms with Gasteiger partial charge in [0, 0.05) is 20.1 Å². The molecular formula is C14H24N4O3. The molecule has 1 aromatic rings. The average molecular weight is 296 g/mol. The molecule has 2 heterocycles. The molecule has 21 heavy (non-hydrogen) atoms. The molecule has 0 atom stereocenters. The molecule has 0 aromatic carbocycles. The Bertz CT molecular complexity index is 455. The zero-order valence-electron chi connectivity index (χ0n) is 12.9. The predicted octanol–water partition coefficient (Wildman–Crippen LogP) is 0.739. The lowest BCUT2D eigenvalue weighted by Gasteiger charge is -2.14. The lowest BCUT2D eigenvalue weighted by Crippen LogP contribution is -2.22. The number of rotatable bonds is 8. The first-order valence-corrected chi connectivity index (χ1v) is 7.48. The van der Waals surface area contributed by atoms with Crippen LogP contribution in [0.1, 0.15) is 35.4 Å². The van der Waals surface area contributed by atoms with Gasteiger partial charge in [-0.05, 0) is 38.9 Å². The van der Waals surface area contributed by atoms with Gasteiger partial charge in [-0.1, -0.05) is 5.21 Å². The van der Waals surface area contributed by atoms with Crippen LogP contribution in [0.15, 0.2) is 0 Å². The van der Waals surface area contributed by atoms with Crippen molar-refractivity contribution in [3.63, 3.8) is 0 Å². The fourth-order valence-corrected chi connectivity index (χ4v) is 2.66. The number of methoxy groups -OCH3 is 2. The second kappa shape index (κ2) is 8.09. The van der Waals surface area contributed by atoms with Crippen LogP contribution in [0.4, 0.5) is 0 Å². The molecule has 7 heteroatoms. The molecule has 0 amide bonds. The van der Waals surface area contributed by atoms with E-state index in [9.17, 15) is 4.79 Å². The number of nitrogens with zero attached hydrogens (tertiary/aromatic N) is 4. The molecule has 0 unspecified atom stereocenters. The van der Waals surface area contributed by atoms with Crippen LogP contribution >= 0.6 is 0 Å². The highest BCUT2D eigenvalue weighted by molar-refractivity contribution is 5.88. The second-order valence-electron chi connectivity index (χ2n) is 5.24. The van der Waals surface area contributed by atoms with E-state index in [1.807, 2.05) is 0 Å². The van der Waals surface area contributed by atoms with Crippen molar-refractivity contribution in [1.29, 1.82) is 0 Å². The quantitative estimate of drug-likeness (QED) is 0.659. The van der Waals surface area contributed by atoms with E-state index in [1.54, 1.807) is 11.8 Å². The standard InChI is InChI=1S/C14H24N4O3/c1-20-11-6-12-13(14(19)21-2)15-16-18(12)10-5-9-17-7-3-4-8-17/h3-11H2,1-2H3. The maximum atomic E-state index is 11.7. The third-order valence-electron chi connectivity index (χ3n) is 3.80. The molecule has 0 saturated carbocycles. The molecule has 0 aliphatic carbocycles. The van der Waals surface area contributed by atoms with Gasteiger partial charge >= 0.3 is 5.97 Å². The highest BCUT2D eigenvalue weighted by Gasteiger charge is 2.20. The van der Waals surface area contributed by atoms with Crippen molar-refractivity contribution in [2.45, 2.75) is 32.2 Å². The third kappa shape index (κ3) is 4.25. The molecule has 1 aromatic heterocycles. The highest BCUT2D eigenvalue weighted by atomic mass is 16.5. The Balaban J connectivity index is 1.96. The highest BCUT2D eigenvalue weighted by Crippen LogP contribution is 2.11. The van der Waals surface area contributed by atoms with Gasteiger partial charge in [0.25, 0.3) is 0 Å². The Hall–Kier alpha value is -1.47. The van der Waals surface area contributed by atoms with Crippen molar-refractivity contribution in [3.8, 4) is 0 Å². The summed E-state index contributed by atoms with van der Waals surface area (Å²) >= 11 is 0. The summed E-state index contributed by atoms with van der Waals surface area (Å²) in [4.78, 5) is 14.2. The van der Waals surface area contributed by atoms with Crippen LogP contribution in [-0.4, -0.2) is 66.3 Å². The minimum Gasteiger partial charge on any atom is -0.464 e. The van der Waals surface area contributed by atoms with E-state index in [0.717, 1.165) is 25.2 Å². The number of ether oxygens (including phenoxy) is 2. The summed E-state index contributed by atoms with van der Waals surface area (Å²) in [7, 11) is 2.99. The molecule has 1 fully saturated rings. The fourth-order valence-electron chi connectivity index (χ4n) is 2.66. The number of likely N-dealkylation sites (tertiary alicyclic amines) is 1. The van der Waals surface area contributed by atoms with Crippen molar-refractivity contribution in [2.24, 2.45) is 0 Å². The summed E-state index contributed by atoms with van der Waals surface area (Å²) in [6.07, 6.45) is 4.21.